The Morgan fingerprint density at radius 1 is 1.40 bits per heavy atom. The quantitative estimate of drug-likeness (QED) is 0.750. The Morgan fingerprint density at radius 2 is 2.13 bits per heavy atom. The molecule has 1 N–H and O–H groups in total. The van der Waals surface area contributed by atoms with Crippen molar-refractivity contribution >= 4 is 0 Å². The molecule has 0 spiro atoms. The van der Waals surface area contributed by atoms with Crippen LogP contribution in [0.2, 0.25) is 0 Å². The highest BCUT2D eigenvalue weighted by Crippen LogP contribution is 2.23. The predicted octanol–water partition coefficient (Wildman–Crippen LogP) is 1.86. The Balaban J connectivity index is 2.80. The number of ether oxygens (including phenoxy) is 1. The summed E-state index contributed by atoms with van der Waals surface area (Å²) >= 11 is 0. The number of likely N-dealkylation sites (N-methyl/N-ethyl adjacent to an activating group) is 1. The van der Waals surface area contributed by atoms with Gasteiger partial charge < -0.3 is 10.1 Å². The second-order valence-electron chi connectivity index (χ2n) is 3.65. The molecule has 0 aliphatic carbocycles. The zero-order valence-electron chi connectivity index (χ0n) is 10.1. The van der Waals surface area contributed by atoms with Crippen molar-refractivity contribution in [2.75, 3.05) is 20.2 Å². The van der Waals surface area contributed by atoms with Crippen LogP contribution in [0, 0.1) is 13.8 Å². The van der Waals surface area contributed by atoms with Gasteiger partial charge in [0.05, 0.1) is 7.11 Å². The van der Waals surface area contributed by atoms with Crippen LogP contribution in [-0.2, 0) is 6.42 Å². The van der Waals surface area contributed by atoms with Gasteiger partial charge in [-0.25, -0.2) is 0 Å². The van der Waals surface area contributed by atoms with E-state index >= 15 is 0 Å². The zero-order valence-corrected chi connectivity index (χ0v) is 10.1. The van der Waals surface area contributed by atoms with Crippen LogP contribution in [0.4, 0.5) is 0 Å². The van der Waals surface area contributed by atoms with E-state index in [1.54, 1.807) is 7.11 Å². The normalized spacial score (nSPS) is 10.4. The first kappa shape index (κ1) is 12.0. The first-order chi connectivity index (χ1) is 7.20. The molecule has 0 bridgehead atoms. The molecule has 15 heavy (non-hydrogen) atoms. The second kappa shape index (κ2) is 5.71. The largest absolute Gasteiger partial charge is 0.496 e. The van der Waals surface area contributed by atoms with Gasteiger partial charge in [0.1, 0.15) is 5.75 Å². The summed E-state index contributed by atoms with van der Waals surface area (Å²) in [6.07, 6.45) is 2.84. The van der Waals surface area contributed by atoms with Crippen molar-refractivity contribution in [1.29, 1.82) is 0 Å². The van der Waals surface area contributed by atoms with E-state index in [-0.39, 0.29) is 0 Å². The molecule has 0 aliphatic rings. The van der Waals surface area contributed by atoms with Crippen molar-refractivity contribution < 1.29 is 4.74 Å². The maximum absolute atomic E-state index is 5.36. The van der Waals surface area contributed by atoms with Crippen LogP contribution in [0.25, 0.3) is 0 Å². The first-order valence-electron chi connectivity index (χ1n) is 5.40. The highest BCUT2D eigenvalue weighted by atomic mass is 16.5. The molecule has 1 heterocycles. The van der Waals surface area contributed by atoms with E-state index in [9.17, 15) is 0 Å². The summed E-state index contributed by atoms with van der Waals surface area (Å²) in [7, 11) is 1.71. The van der Waals surface area contributed by atoms with Gasteiger partial charge in [0, 0.05) is 36.0 Å². The minimum Gasteiger partial charge on any atom is -0.496 e. The van der Waals surface area contributed by atoms with Crippen LogP contribution in [0.3, 0.4) is 0 Å². The zero-order chi connectivity index (χ0) is 11.3. The number of hydrogen-bond donors (Lipinski definition) is 1. The molecule has 0 unspecified atom stereocenters. The molecule has 0 aromatic carbocycles. The minimum absolute atomic E-state index is 0.955. The molecule has 0 amide bonds. The summed E-state index contributed by atoms with van der Waals surface area (Å²) < 4.78 is 5.36. The molecule has 0 atom stereocenters. The fraction of sp³-hybridized carbons (Fsp3) is 0.583. The van der Waals surface area contributed by atoms with Gasteiger partial charge in [-0.2, -0.15) is 0 Å². The third-order valence-corrected chi connectivity index (χ3v) is 2.54. The molecule has 1 rings (SSSR count). The molecular weight excluding hydrogens is 188 g/mol. The van der Waals surface area contributed by atoms with Gasteiger partial charge in [0.2, 0.25) is 0 Å². The van der Waals surface area contributed by atoms with Gasteiger partial charge in [0.15, 0.2) is 0 Å². The van der Waals surface area contributed by atoms with Crippen LogP contribution in [0.5, 0.6) is 5.75 Å². The Morgan fingerprint density at radius 3 is 2.73 bits per heavy atom. The number of nitrogens with one attached hydrogen (secondary N) is 1. The van der Waals surface area contributed by atoms with Crippen molar-refractivity contribution in [2.24, 2.45) is 0 Å². The number of aryl methyl sites for hydroxylation is 1. The lowest BCUT2D eigenvalue weighted by atomic mass is 10.1. The lowest BCUT2D eigenvalue weighted by Gasteiger charge is -2.12. The van der Waals surface area contributed by atoms with E-state index in [1.165, 1.54) is 0 Å². The monoisotopic (exact) mass is 208 g/mol. The molecule has 3 nitrogen and oxygen atoms in total. The number of rotatable bonds is 5. The summed E-state index contributed by atoms with van der Waals surface area (Å²) in [6.45, 7) is 8.17. The van der Waals surface area contributed by atoms with Crippen molar-refractivity contribution in [3.63, 3.8) is 0 Å². The molecule has 3 heteroatoms. The summed E-state index contributed by atoms with van der Waals surface area (Å²) in [4.78, 5) is 4.44. The Labute approximate surface area is 91.9 Å². The van der Waals surface area contributed by atoms with E-state index in [2.05, 4.69) is 24.1 Å². The number of pyridine rings is 1. The molecule has 0 saturated heterocycles. The number of hydrogen-bond acceptors (Lipinski definition) is 3. The summed E-state index contributed by atoms with van der Waals surface area (Å²) in [5.41, 5.74) is 3.39. The summed E-state index contributed by atoms with van der Waals surface area (Å²) in [5.74, 6) is 0.969. The molecule has 1 aromatic rings. The minimum atomic E-state index is 0.955. The van der Waals surface area contributed by atoms with Gasteiger partial charge >= 0.3 is 0 Å². The maximum Gasteiger partial charge on any atom is 0.128 e. The lowest BCUT2D eigenvalue weighted by Crippen LogP contribution is -2.17. The van der Waals surface area contributed by atoms with E-state index in [0.29, 0.717) is 0 Å². The van der Waals surface area contributed by atoms with Gasteiger partial charge in [-0.1, -0.05) is 6.92 Å². The maximum atomic E-state index is 5.36. The third kappa shape index (κ3) is 2.93. The van der Waals surface area contributed by atoms with E-state index in [1.807, 2.05) is 13.1 Å². The highest BCUT2D eigenvalue weighted by Gasteiger charge is 2.08. The lowest BCUT2D eigenvalue weighted by molar-refractivity contribution is 0.406. The summed E-state index contributed by atoms with van der Waals surface area (Å²) in [6, 6.07) is 0. The fourth-order valence-electron chi connectivity index (χ4n) is 1.71. The average Bonchev–Trinajstić information content (AvgIpc) is 2.22. The Bertz CT molecular complexity index is 324. The van der Waals surface area contributed by atoms with E-state index in [0.717, 1.165) is 42.1 Å². The summed E-state index contributed by atoms with van der Waals surface area (Å²) in [5, 5.41) is 3.30. The van der Waals surface area contributed by atoms with Gasteiger partial charge in [0.25, 0.3) is 0 Å². The SMILES string of the molecule is CCNCCc1ncc(C)c(OC)c1C. The molecule has 0 radical (unpaired) electrons. The van der Waals surface area contributed by atoms with E-state index < -0.39 is 0 Å². The molecule has 0 saturated carbocycles. The number of aromatic nitrogens is 1. The molecular formula is C12H20N2O. The number of methoxy groups -OCH3 is 1. The average molecular weight is 208 g/mol. The Hall–Kier alpha value is -1.09. The molecule has 0 fully saturated rings. The smallest absolute Gasteiger partial charge is 0.128 e. The van der Waals surface area contributed by atoms with Crippen LogP contribution >= 0.6 is 0 Å². The van der Waals surface area contributed by atoms with Crippen molar-refractivity contribution in [3.05, 3.63) is 23.0 Å². The van der Waals surface area contributed by atoms with Gasteiger partial charge in [-0.3, -0.25) is 4.98 Å². The third-order valence-electron chi connectivity index (χ3n) is 2.54. The molecule has 84 valence electrons. The Kier molecular flexibility index (Phi) is 4.56. The standard InChI is InChI=1S/C12H20N2O/c1-5-13-7-6-11-10(3)12(15-4)9(2)8-14-11/h8,13H,5-7H2,1-4H3. The first-order valence-corrected chi connectivity index (χ1v) is 5.40. The van der Waals surface area contributed by atoms with Crippen LogP contribution in [0.1, 0.15) is 23.7 Å². The van der Waals surface area contributed by atoms with Crippen LogP contribution in [-0.4, -0.2) is 25.2 Å². The van der Waals surface area contributed by atoms with E-state index in [4.69, 9.17) is 4.74 Å². The highest BCUT2D eigenvalue weighted by molar-refractivity contribution is 5.41. The van der Waals surface area contributed by atoms with Crippen LogP contribution in [0.15, 0.2) is 6.20 Å². The molecule has 1 aromatic heterocycles. The van der Waals surface area contributed by atoms with Crippen molar-refractivity contribution in [2.45, 2.75) is 27.2 Å². The molecule has 0 aliphatic heterocycles. The fourth-order valence-corrected chi connectivity index (χ4v) is 1.71. The topological polar surface area (TPSA) is 34.2 Å². The number of nitrogens with zero attached hydrogens (tertiary/aromatic N) is 1. The van der Waals surface area contributed by atoms with Gasteiger partial charge in [-0.15, -0.1) is 0 Å². The second-order valence-corrected chi connectivity index (χ2v) is 3.65. The predicted molar refractivity (Wildman–Crippen MR) is 62.5 cm³/mol. The van der Waals surface area contributed by atoms with Crippen molar-refractivity contribution in [3.8, 4) is 5.75 Å². The van der Waals surface area contributed by atoms with Gasteiger partial charge in [-0.05, 0) is 20.4 Å². The van der Waals surface area contributed by atoms with Crippen molar-refractivity contribution in [1.82, 2.24) is 10.3 Å². The van der Waals surface area contributed by atoms with Crippen LogP contribution < -0.4 is 10.1 Å².